The molecule has 0 fully saturated rings. The summed E-state index contributed by atoms with van der Waals surface area (Å²) in [4.78, 5) is 12.2. The van der Waals surface area contributed by atoms with Crippen LogP contribution in [-0.4, -0.2) is 11.0 Å². The summed E-state index contributed by atoms with van der Waals surface area (Å²) >= 11 is 11.9. The van der Waals surface area contributed by atoms with Gasteiger partial charge in [0.05, 0.1) is 10.7 Å². The third-order valence-corrected chi connectivity index (χ3v) is 3.38. The minimum atomic E-state index is -0.503. The first kappa shape index (κ1) is 14.6. The Labute approximate surface area is 126 Å². The van der Waals surface area contributed by atoms with Crippen molar-refractivity contribution in [3.63, 3.8) is 0 Å². The third-order valence-electron chi connectivity index (χ3n) is 2.82. The van der Waals surface area contributed by atoms with Crippen molar-refractivity contribution in [1.82, 2.24) is 0 Å². The van der Waals surface area contributed by atoms with E-state index >= 15 is 0 Å². The number of anilines is 1. The average Bonchev–Trinajstić information content (AvgIpc) is 2.42. The number of nitrogens with one attached hydrogen (secondary N) is 1. The Hall–Kier alpha value is -1.78. The number of aromatic hydroxyl groups is 1. The summed E-state index contributed by atoms with van der Waals surface area (Å²) in [6.45, 7) is 1.72. The van der Waals surface area contributed by atoms with Crippen LogP contribution in [0.3, 0.4) is 0 Å². The molecule has 1 aromatic heterocycles. The number of benzene rings is 1. The van der Waals surface area contributed by atoms with Gasteiger partial charge >= 0.3 is 0 Å². The molecular formula is C14H13Cl2N2O2+. The van der Waals surface area contributed by atoms with Crippen LogP contribution in [-0.2, 0) is 4.79 Å². The second-order valence-corrected chi connectivity index (χ2v) is 5.14. The highest BCUT2D eigenvalue weighted by molar-refractivity contribution is 6.35. The number of carbonyl (C=O) groups is 1. The molecule has 0 aliphatic heterocycles. The van der Waals surface area contributed by atoms with Gasteiger partial charge in [-0.3, -0.25) is 4.79 Å². The predicted molar refractivity (Wildman–Crippen MR) is 78.1 cm³/mol. The van der Waals surface area contributed by atoms with E-state index in [0.29, 0.717) is 15.7 Å². The molecule has 4 nitrogen and oxygen atoms in total. The van der Waals surface area contributed by atoms with Gasteiger partial charge in [-0.2, -0.15) is 4.57 Å². The predicted octanol–water partition coefficient (Wildman–Crippen LogP) is 3.19. The molecule has 1 atom stereocenters. The lowest BCUT2D eigenvalue weighted by Crippen LogP contribution is -2.43. The number of nitrogens with zero attached hydrogens (tertiary/aromatic N) is 1. The van der Waals surface area contributed by atoms with Crippen molar-refractivity contribution in [2.75, 3.05) is 5.32 Å². The highest BCUT2D eigenvalue weighted by Gasteiger charge is 2.23. The van der Waals surface area contributed by atoms with Gasteiger partial charge in [-0.15, -0.1) is 0 Å². The lowest BCUT2D eigenvalue weighted by Gasteiger charge is -2.10. The van der Waals surface area contributed by atoms with E-state index in [-0.39, 0.29) is 11.7 Å². The van der Waals surface area contributed by atoms with E-state index in [1.165, 1.54) is 12.3 Å². The molecule has 1 amide bonds. The third kappa shape index (κ3) is 3.40. The molecule has 0 aliphatic carbocycles. The topological polar surface area (TPSA) is 53.2 Å². The maximum absolute atomic E-state index is 12.2. The number of amides is 1. The van der Waals surface area contributed by atoms with Crippen LogP contribution in [0.15, 0.2) is 42.7 Å². The van der Waals surface area contributed by atoms with Gasteiger partial charge in [0.1, 0.15) is 0 Å². The van der Waals surface area contributed by atoms with Gasteiger partial charge in [0, 0.05) is 18.0 Å². The highest BCUT2D eigenvalue weighted by Crippen LogP contribution is 2.25. The normalized spacial score (nSPS) is 11.9. The van der Waals surface area contributed by atoms with Crippen LogP contribution in [0.25, 0.3) is 0 Å². The molecule has 2 aromatic rings. The van der Waals surface area contributed by atoms with Crippen molar-refractivity contribution < 1.29 is 14.5 Å². The van der Waals surface area contributed by atoms with Crippen LogP contribution in [0.4, 0.5) is 5.69 Å². The zero-order valence-electron chi connectivity index (χ0n) is 10.7. The Morgan fingerprint density at radius 2 is 2.10 bits per heavy atom. The molecule has 0 saturated carbocycles. The molecular weight excluding hydrogens is 299 g/mol. The van der Waals surface area contributed by atoms with E-state index in [4.69, 9.17) is 23.2 Å². The standard InChI is InChI=1S/C14H12Cl2N2O2/c1-9(18-6-2-3-11(19)8-18)14(20)17-13-7-10(15)4-5-12(13)16/h2-9H,1H3,(H-,17,19,20)/p+1/t9-/m1/s1. The largest absolute Gasteiger partial charge is 0.503 e. The van der Waals surface area contributed by atoms with Gasteiger partial charge in [0.25, 0.3) is 5.91 Å². The van der Waals surface area contributed by atoms with Crippen molar-refractivity contribution in [2.45, 2.75) is 13.0 Å². The van der Waals surface area contributed by atoms with Gasteiger partial charge in [0.15, 0.2) is 11.9 Å². The number of carbonyl (C=O) groups excluding carboxylic acids is 1. The summed E-state index contributed by atoms with van der Waals surface area (Å²) in [5, 5.41) is 13.0. The van der Waals surface area contributed by atoms with Gasteiger partial charge < -0.3 is 10.4 Å². The summed E-state index contributed by atoms with van der Waals surface area (Å²) in [5.74, 6) is -0.169. The minimum absolute atomic E-state index is 0.0907. The van der Waals surface area contributed by atoms with E-state index in [9.17, 15) is 9.90 Å². The Morgan fingerprint density at radius 1 is 1.35 bits per heavy atom. The quantitative estimate of drug-likeness (QED) is 0.855. The van der Waals surface area contributed by atoms with Crippen molar-refractivity contribution >= 4 is 34.8 Å². The molecule has 1 heterocycles. The first-order valence-corrected chi connectivity index (χ1v) is 6.68. The van der Waals surface area contributed by atoms with E-state index in [2.05, 4.69) is 5.32 Å². The zero-order valence-corrected chi connectivity index (χ0v) is 12.2. The summed E-state index contributed by atoms with van der Waals surface area (Å²) in [5.41, 5.74) is 0.455. The molecule has 2 rings (SSSR count). The van der Waals surface area contributed by atoms with E-state index < -0.39 is 6.04 Å². The number of aromatic nitrogens is 1. The lowest BCUT2D eigenvalue weighted by atomic mass is 10.2. The molecule has 0 unspecified atom stereocenters. The number of hydrogen-bond donors (Lipinski definition) is 2. The zero-order chi connectivity index (χ0) is 14.7. The molecule has 0 radical (unpaired) electrons. The Morgan fingerprint density at radius 3 is 2.80 bits per heavy atom. The Balaban J connectivity index is 2.17. The van der Waals surface area contributed by atoms with Crippen LogP contribution < -0.4 is 9.88 Å². The molecule has 104 valence electrons. The fourth-order valence-corrected chi connectivity index (χ4v) is 2.02. The SMILES string of the molecule is C[C@H](C(=O)Nc1cc(Cl)ccc1Cl)[n+]1cccc(O)c1. The second kappa shape index (κ2) is 6.11. The summed E-state index contributed by atoms with van der Waals surface area (Å²) in [6.07, 6.45) is 3.17. The van der Waals surface area contributed by atoms with Crippen molar-refractivity contribution in [2.24, 2.45) is 0 Å². The summed E-state index contributed by atoms with van der Waals surface area (Å²) < 4.78 is 1.60. The molecule has 2 N–H and O–H groups in total. The maximum Gasteiger partial charge on any atom is 0.293 e. The van der Waals surface area contributed by atoms with E-state index in [1.54, 1.807) is 42.0 Å². The lowest BCUT2D eigenvalue weighted by molar-refractivity contribution is -0.705. The number of rotatable bonds is 3. The van der Waals surface area contributed by atoms with Gasteiger partial charge in [-0.1, -0.05) is 23.2 Å². The van der Waals surface area contributed by atoms with Crippen molar-refractivity contribution in [3.8, 4) is 5.75 Å². The summed E-state index contributed by atoms with van der Waals surface area (Å²) in [6, 6.07) is 7.54. The minimum Gasteiger partial charge on any atom is -0.503 e. The second-order valence-electron chi connectivity index (χ2n) is 4.30. The van der Waals surface area contributed by atoms with Crippen molar-refractivity contribution in [3.05, 3.63) is 52.8 Å². The monoisotopic (exact) mass is 311 g/mol. The van der Waals surface area contributed by atoms with Crippen LogP contribution in [0.2, 0.25) is 10.0 Å². The molecule has 6 heteroatoms. The van der Waals surface area contributed by atoms with Crippen molar-refractivity contribution in [1.29, 1.82) is 0 Å². The summed E-state index contributed by atoms with van der Waals surface area (Å²) in [7, 11) is 0. The number of pyridine rings is 1. The molecule has 0 spiro atoms. The number of halogens is 2. The average molecular weight is 312 g/mol. The molecule has 0 saturated heterocycles. The number of hydrogen-bond acceptors (Lipinski definition) is 2. The Bertz CT molecular complexity index is 647. The van der Waals surface area contributed by atoms with Gasteiger partial charge in [0.2, 0.25) is 12.2 Å². The van der Waals surface area contributed by atoms with Gasteiger partial charge in [-0.05, 0) is 24.3 Å². The maximum atomic E-state index is 12.2. The van der Waals surface area contributed by atoms with Crippen LogP contribution in [0, 0.1) is 0 Å². The molecule has 0 bridgehead atoms. The Kier molecular flexibility index (Phi) is 4.47. The highest BCUT2D eigenvalue weighted by atomic mass is 35.5. The van der Waals surface area contributed by atoms with Crippen LogP contribution in [0.1, 0.15) is 13.0 Å². The fraction of sp³-hybridized carbons (Fsp3) is 0.143. The molecule has 0 aliphatic rings. The fourth-order valence-electron chi connectivity index (χ4n) is 1.69. The van der Waals surface area contributed by atoms with Gasteiger partial charge in [-0.25, -0.2) is 0 Å². The van der Waals surface area contributed by atoms with Crippen LogP contribution >= 0.6 is 23.2 Å². The first-order valence-electron chi connectivity index (χ1n) is 5.93. The molecule has 1 aromatic carbocycles. The van der Waals surface area contributed by atoms with E-state index in [0.717, 1.165) is 0 Å². The molecule has 20 heavy (non-hydrogen) atoms. The van der Waals surface area contributed by atoms with E-state index in [1.807, 2.05) is 0 Å². The smallest absolute Gasteiger partial charge is 0.293 e. The van der Waals surface area contributed by atoms with Crippen LogP contribution in [0.5, 0.6) is 5.75 Å². The first-order chi connectivity index (χ1) is 9.47.